The van der Waals surface area contributed by atoms with E-state index in [9.17, 15) is 9.90 Å². The Kier molecular flexibility index (Phi) is 3.91. The fourth-order valence-corrected chi connectivity index (χ4v) is 4.09. The van der Waals surface area contributed by atoms with Gasteiger partial charge in [-0.05, 0) is 29.3 Å². The van der Waals surface area contributed by atoms with Gasteiger partial charge in [-0.1, -0.05) is 33.9 Å². The number of hydrogen-bond acceptors (Lipinski definition) is 2. The zero-order chi connectivity index (χ0) is 14.1. The monoisotopic (exact) mass is 265 g/mol. The maximum atomic E-state index is 12.0. The summed E-state index contributed by atoms with van der Waals surface area (Å²) in [5.74, 6) is 0.282. The predicted octanol–water partition coefficient (Wildman–Crippen LogP) is 3.75. The molecule has 0 fully saturated rings. The molecule has 0 aliphatic carbocycles. The number of carbonyl (C=O) groups is 1. The molecule has 1 aromatic carbocycles. The summed E-state index contributed by atoms with van der Waals surface area (Å²) < 4.78 is 1.92. The molecule has 0 aliphatic rings. The number of phenols is 1. The summed E-state index contributed by atoms with van der Waals surface area (Å²) >= 11 is 0. The summed E-state index contributed by atoms with van der Waals surface area (Å²) in [6.07, 6.45) is 0. The van der Waals surface area contributed by atoms with Crippen LogP contribution in [0.5, 0.6) is 5.75 Å². The average Bonchev–Trinajstić information content (AvgIpc) is 2.18. The first-order valence-corrected chi connectivity index (χ1v) is 9.12. The lowest BCUT2D eigenvalue weighted by Gasteiger charge is -2.45. The molecule has 0 aromatic heterocycles. The molecule has 3 nitrogen and oxygen atoms in total. The van der Waals surface area contributed by atoms with Gasteiger partial charge in [-0.2, -0.15) is 0 Å². The Morgan fingerprint density at radius 2 is 1.61 bits per heavy atom. The van der Waals surface area contributed by atoms with Crippen molar-refractivity contribution in [1.82, 2.24) is 0 Å². The first-order chi connectivity index (χ1) is 8.07. The summed E-state index contributed by atoms with van der Waals surface area (Å²) in [6, 6.07) is 6.85. The molecule has 0 atom stereocenters. The molecular formula is C14H23NO2Si. The zero-order valence-corrected chi connectivity index (χ0v) is 13.1. The molecule has 0 spiro atoms. The van der Waals surface area contributed by atoms with Crippen molar-refractivity contribution in [1.29, 1.82) is 0 Å². The SMILES string of the molecule is CC(=O)N(c1ccc(O)cc1)[Si](C)(C)C(C)(C)C. The molecule has 1 rings (SSSR count). The molecule has 18 heavy (non-hydrogen) atoms. The highest BCUT2D eigenvalue weighted by Crippen LogP contribution is 2.40. The van der Waals surface area contributed by atoms with Crippen LogP contribution < -0.4 is 4.57 Å². The zero-order valence-electron chi connectivity index (χ0n) is 12.1. The van der Waals surface area contributed by atoms with Crippen molar-refractivity contribution in [3.05, 3.63) is 24.3 Å². The van der Waals surface area contributed by atoms with E-state index in [0.717, 1.165) is 5.69 Å². The van der Waals surface area contributed by atoms with Crippen molar-refractivity contribution < 1.29 is 9.90 Å². The molecule has 1 N–H and O–H groups in total. The molecule has 0 radical (unpaired) electrons. The van der Waals surface area contributed by atoms with Crippen LogP contribution in [-0.4, -0.2) is 19.2 Å². The molecule has 0 saturated heterocycles. The Hall–Kier alpha value is -1.29. The molecule has 100 valence electrons. The Morgan fingerprint density at radius 1 is 1.17 bits per heavy atom. The fraction of sp³-hybridized carbons (Fsp3) is 0.500. The minimum Gasteiger partial charge on any atom is -0.508 e. The van der Waals surface area contributed by atoms with Crippen LogP contribution in [0.2, 0.25) is 18.1 Å². The van der Waals surface area contributed by atoms with Gasteiger partial charge in [0, 0.05) is 12.6 Å². The number of rotatable bonds is 2. The lowest BCUT2D eigenvalue weighted by Crippen LogP contribution is -2.57. The molecule has 1 amide bonds. The Morgan fingerprint density at radius 3 is 1.94 bits per heavy atom. The highest BCUT2D eigenvalue weighted by Gasteiger charge is 2.43. The molecular weight excluding hydrogens is 242 g/mol. The number of hydrogen-bond donors (Lipinski definition) is 1. The van der Waals surface area contributed by atoms with Crippen molar-refractivity contribution in [2.24, 2.45) is 0 Å². The van der Waals surface area contributed by atoms with Gasteiger partial charge in [0.25, 0.3) is 0 Å². The Balaban J connectivity index is 3.27. The van der Waals surface area contributed by atoms with E-state index in [1.807, 2.05) is 4.57 Å². The molecule has 1 aromatic rings. The van der Waals surface area contributed by atoms with Crippen molar-refractivity contribution in [3.63, 3.8) is 0 Å². The van der Waals surface area contributed by atoms with Crippen molar-refractivity contribution in [2.75, 3.05) is 4.57 Å². The second-order valence-electron chi connectivity index (χ2n) is 6.18. The van der Waals surface area contributed by atoms with Crippen LogP contribution in [0.3, 0.4) is 0 Å². The first-order valence-electron chi connectivity index (χ1n) is 6.17. The van der Waals surface area contributed by atoms with Crippen LogP contribution in [0.1, 0.15) is 27.7 Å². The summed E-state index contributed by atoms with van der Waals surface area (Å²) in [4.78, 5) is 12.0. The van der Waals surface area contributed by atoms with E-state index >= 15 is 0 Å². The number of amides is 1. The third-order valence-corrected chi connectivity index (χ3v) is 9.18. The van der Waals surface area contributed by atoms with Crippen LogP contribution in [0, 0.1) is 0 Å². The summed E-state index contributed by atoms with van der Waals surface area (Å²) in [5, 5.41) is 9.43. The molecule has 0 saturated carbocycles. The van der Waals surface area contributed by atoms with Crippen molar-refractivity contribution in [2.45, 2.75) is 45.8 Å². The highest BCUT2D eigenvalue weighted by molar-refractivity contribution is 6.86. The number of nitrogens with zero attached hydrogens (tertiary/aromatic N) is 1. The summed E-state index contributed by atoms with van der Waals surface area (Å²) in [7, 11) is -1.95. The van der Waals surface area contributed by atoms with Crippen molar-refractivity contribution >= 4 is 19.8 Å². The van der Waals surface area contributed by atoms with E-state index in [-0.39, 0.29) is 16.7 Å². The van der Waals surface area contributed by atoms with E-state index in [1.54, 1.807) is 31.2 Å². The van der Waals surface area contributed by atoms with Crippen LogP contribution in [0.4, 0.5) is 5.69 Å². The molecule has 0 aliphatic heterocycles. The molecule has 4 heteroatoms. The molecule has 0 unspecified atom stereocenters. The maximum absolute atomic E-state index is 12.0. The maximum Gasteiger partial charge on any atom is 0.215 e. The fourth-order valence-electron chi connectivity index (χ4n) is 1.84. The van der Waals surface area contributed by atoms with Gasteiger partial charge >= 0.3 is 0 Å². The second-order valence-corrected chi connectivity index (χ2v) is 11.2. The number of aromatic hydroxyl groups is 1. The van der Waals surface area contributed by atoms with Crippen LogP contribution in [-0.2, 0) is 4.79 Å². The van der Waals surface area contributed by atoms with Crippen LogP contribution in [0.15, 0.2) is 24.3 Å². The number of benzene rings is 1. The van der Waals surface area contributed by atoms with Crippen LogP contribution in [0.25, 0.3) is 0 Å². The number of carbonyl (C=O) groups excluding carboxylic acids is 1. The lowest BCUT2D eigenvalue weighted by molar-refractivity contribution is -0.115. The topological polar surface area (TPSA) is 40.5 Å². The van der Waals surface area contributed by atoms with E-state index in [4.69, 9.17) is 0 Å². The largest absolute Gasteiger partial charge is 0.508 e. The van der Waals surface area contributed by atoms with Gasteiger partial charge in [0.2, 0.25) is 5.91 Å². The van der Waals surface area contributed by atoms with Crippen LogP contribution >= 0.6 is 0 Å². The smallest absolute Gasteiger partial charge is 0.215 e. The number of anilines is 1. The minimum absolute atomic E-state index is 0.0623. The summed E-state index contributed by atoms with van der Waals surface area (Å²) in [6.45, 7) is 12.5. The summed E-state index contributed by atoms with van der Waals surface area (Å²) in [5.41, 5.74) is 0.867. The van der Waals surface area contributed by atoms with Gasteiger partial charge in [0.15, 0.2) is 8.24 Å². The lowest BCUT2D eigenvalue weighted by atomic mass is 10.2. The van der Waals surface area contributed by atoms with Gasteiger partial charge < -0.3 is 9.67 Å². The Labute approximate surface area is 111 Å². The third kappa shape index (κ3) is 2.75. The Bertz CT molecular complexity index is 432. The van der Waals surface area contributed by atoms with E-state index in [0.29, 0.717) is 0 Å². The quantitative estimate of drug-likeness (QED) is 0.827. The van der Waals surface area contributed by atoms with E-state index < -0.39 is 8.24 Å². The number of phenolic OH excluding ortho intramolecular Hbond substituents is 1. The van der Waals surface area contributed by atoms with E-state index in [1.165, 1.54) is 0 Å². The first kappa shape index (κ1) is 14.8. The third-order valence-electron chi connectivity index (χ3n) is 3.82. The van der Waals surface area contributed by atoms with E-state index in [2.05, 4.69) is 33.9 Å². The van der Waals surface area contributed by atoms with Gasteiger partial charge in [-0.15, -0.1) is 0 Å². The standard InChI is InChI=1S/C14H23NO2Si/c1-11(16)15(18(5,6)14(2,3)4)12-7-9-13(17)10-8-12/h7-10,17H,1-6H3. The molecule has 0 heterocycles. The minimum atomic E-state index is -1.95. The average molecular weight is 265 g/mol. The van der Waals surface area contributed by atoms with Gasteiger partial charge in [-0.3, -0.25) is 4.79 Å². The highest BCUT2D eigenvalue weighted by atomic mass is 28.3. The van der Waals surface area contributed by atoms with Gasteiger partial charge in [-0.25, -0.2) is 0 Å². The normalized spacial score (nSPS) is 12.3. The predicted molar refractivity (Wildman–Crippen MR) is 78.5 cm³/mol. The van der Waals surface area contributed by atoms with Crippen molar-refractivity contribution in [3.8, 4) is 5.75 Å². The second kappa shape index (κ2) is 4.76. The van der Waals surface area contributed by atoms with Gasteiger partial charge in [0.1, 0.15) is 5.75 Å². The molecule has 0 bridgehead atoms. The van der Waals surface area contributed by atoms with Gasteiger partial charge in [0.05, 0.1) is 0 Å².